The highest BCUT2D eigenvalue weighted by molar-refractivity contribution is 5.93. The molecule has 4 rings (SSSR count). The fourth-order valence-electron chi connectivity index (χ4n) is 4.20. The molecule has 34 heavy (non-hydrogen) atoms. The number of hydrogen-bond acceptors (Lipinski definition) is 5. The van der Waals surface area contributed by atoms with Crippen molar-refractivity contribution in [1.29, 1.82) is 0 Å². The van der Waals surface area contributed by atoms with Crippen molar-refractivity contribution >= 4 is 17.7 Å². The number of carbonyl (C=O) groups is 2. The van der Waals surface area contributed by atoms with E-state index in [9.17, 15) is 19.1 Å². The number of hydrogen-bond donors (Lipinski definition) is 4. The number of aromatic amines is 1. The maximum atomic E-state index is 14.1. The van der Waals surface area contributed by atoms with Crippen LogP contribution in [0.4, 0.5) is 10.2 Å². The molecule has 0 saturated heterocycles. The molecule has 4 N–H and O–H groups in total. The third-order valence-electron chi connectivity index (χ3n) is 6.03. The number of aliphatic carboxylic acids is 1. The molecule has 0 spiro atoms. The van der Waals surface area contributed by atoms with Crippen molar-refractivity contribution < 1.29 is 23.8 Å². The smallest absolute Gasteiger partial charge is 0.305 e. The number of halogens is 1. The zero-order valence-electron chi connectivity index (χ0n) is 18.8. The SMILES string of the molecule is COc1ccc([C@H](CC(=O)O)NC(=O)c2cc(CCC3CCc4cccnc4N3)c[nH]2)cc1F. The van der Waals surface area contributed by atoms with Crippen LogP contribution in [0.3, 0.4) is 0 Å². The number of carboxylic acids is 1. The summed E-state index contributed by atoms with van der Waals surface area (Å²) in [6, 6.07) is 9.33. The van der Waals surface area contributed by atoms with Crippen LogP contribution in [0.2, 0.25) is 0 Å². The van der Waals surface area contributed by atoms with Crippen LogP contribution in [0.25, 0.3) is 0 Å². The number of carboxylic acid groups (broad SMARTS) is 1. The topological polar surface area (TPSA) is 116 Å². The summed E-state index contributed by atoms with van der Waals surface area (Å²) in [4.78, 5) is 31.5. The predicted octanol–water partition coefficient (Wildman–Crippen LogP) is 3.86. The first-order chi connectivity index (χ1) is 16.4. The van der Waals surface area contributed by atoms with Gasteiger partial charge in [-0.25, -0.2) is 9.37 Å². The van der Waals surface area contributed by atoms with Crippen LogP contribution in [-0.4, -0.2) is 40.1 Å². The number of aromatic nitrogens is 2. The van der Waals surface area contributed by atoms with E-state index in [1.54, 1.807) is 24.5 Å². The summed E-state index contributed by atoms with van der Waals surface area (Å²) in [7, 11) is 1.34. The summed E-state index contributed by atoms with van der Waals surface area (Å²) in [5.74, 6) is -1.20. The Morgan fingerprint density at radius 2 is 2.18 bits per heavy atom. The molecule has 0 fully saturated rings. The number of ether oxygens (including phenoxy) is 1. The maximum Gasteiger partial charge on any atom is 0.305 e. The quantitative estimate of drug-likeness (QED) is 0.381. The molecule has 3 aromatic rings. The Morgan fingerprint density at radius 3 is 2.94 bits per heavy atom. The van der Waals surface area contributed by atoms with Crippen LogP contribution in [0, 0.1) is 5.82 Å². The Balaban J connectivity index is 1.37. The van der Waals surface area contributed by atoms with Gasteiger partial charge < -0.3 is 25.5 Å². The van der Waals surface area contributed by atoms with E-state index in [4.69, 9.17) is 4.74 Å². The minimum Gasteiger partial charge on any atom is -0.494 e. The monoisotopic (exact) mass is 466 g/mol. The molecule has 2 aromatic heterocycles. The molecular formula is C25H27FN4O4. The first kappa shape index (κ1) is 23.3. The summed E-state index contributed by atoms with van der Waals surface area (Å²) < 4.78 is 19.0. The van der Waals surface area contributed by atoms with Gasteiger partial charge in [-0.1, -0.05) is 12.1 Å². The molecule has 1 aromatic carbocycles. The molecule has 1 aliphatic heterocycles. The van der Waals surface area contributed by atoms with Gasteiger partial charge >= 0.3 is 5.97 Å². The van der Waals surface area contributed by atoms with Gasteiger partial charge in [0.25, 0.3) is 5.91 Å². The second kappa shape index (κ2) is 10.4. The van der Waals surface area contributed by atoms with Gasteiger partial charge in [-0.3, -0.25) is 9.59 Å². The average Bonchev–Trinajstić information content (AvgIpc) is 3.31. The zero-order valence-corrected chi connectivity index (χ0v) is 18.8. The number of pyridine rings is 1. The lowest BCUT2D eigenvalue weighted by molar-refractivity contribution is -0.137. The van der Waals surface area contributed by atoms with E-state index in [1.165, 1.54) is 24.8 Å². The molecule has 0 bridgehead atoms. The van der Waals surface area contributed by atoms with Crippen LogP contribution in [0.15, 0.2) is 48.8 Å². The van der Waals surface area contributed by atoms with Gasteiger partial charge in [0, 0.05) is 18.4 Å². The fourth-order valence-corrected chi connectivity index (χ4v) is 4.20. The Labute approximate surface area is 196 Å². The van der Waals surface area contributed by atoms with Crippen molar-refractivity contribution in [2.45, 2.75) is 44.2 Å². The second-order valence-corrected chi connectivity index (χ2v) is 8.37. The minimum atomic E-state index is -1.11. The van der Waals surface area contributed by atoms with Crippen LogP contribution in [0.1, 0.15) is 52.5 Å². The Kier molecular flexibility index (Phi) is 7.10. The molecule has 2 atom stereocenters. The van der Waals surface area contributed by atoms with Crippen LogP contribution in [0.5, 0.6) is 5.75 Å². The van der Waals surface area contributed by atoms with Gasteiger partial charge in [0.15, 0.2) is 11.6 Å². The molecule has 9 heteroatoms. The average molecular weight is 467 g/mol. The van der Waals surface area contributed by atoms with Crippen LogP contribution < -0.4 is 15.4 Å². The summed E-state index contributed by atoms with van der Waals surface area (Å²) in [6.07, 6.45) is 6.85. The minimum absolute atomic E-state index is 0.0462. The lowest BCUT2D eigenvalue weighted by Gasteiger charge is -2.25. The van der Waals surface area contributed by atoms with Gasteiger partial charge in [-0.15, -0.1) is 0 Å². The van der Waals surface area contributed by atoms with Gasteiger partial charge in [-0.2, -0.15) is 0 Å². The molecule has 3 heterocycles. The lowest BCUT2D eigenvalue weighted by atomic mass is 9.96. The van der Waals surface area contributed by atoms with Gasteiger partial charge in [0.2, 0.25) is 0 Å². The third kappa shape index (κ3) is 5.54. The van der Waals surface area contributed by atoms with E-state index in [0.717, 1.165) is 37.1 Å². The summed E-state index contributed by atoms with van der Waals surface area (Å²) in [6.45, 7) is 0. The lowest BCUT2D eigenvalue weighted by Crippen LogP contribution is -2.30. The second-order valence-electron chi connectivity index (χ2n) is 8.37. The zero-order chi connectivity index (χ0) is 24.1. The van der Waals surface area contributed by atoms with Crippen molar-refractivity contribution in [3.63, 3.8) is 0 Å². The number of nitrogens with one attached hydrogen (secondary N) is 3. The van der Waals surface area contributed by atoms with Crippen LogP contribution >= 0.6 is 0 Å². The van der Waals surface area contributed by atoms with Crippen molar-refractivity contribution in [3.05, 3.63) is 77.0 Å². The molecule has 1 unspecified atom stereocenters. The molecule has 0 saturated carbocycles. The highest BCUT2D eigenvalue weighted by Gasteiger charge is 2.22. The summed E-state index contributed by atoms with van der Waals surface area (Å²) in [5, 5.41) is 15.4. The standard InChI is InChI=1S/C25H27FN4O4/c1-34-22-9-6-17(12-19(22)26)20(13-23(31)32)30-25(33)21-11-15(14-28-21)4-7-18-8-5-16-3-2-10-27-24(16)29-18/h2-3,6,9-12,14,18,20,28H,4-5,7-8,13H2,1H3,(H,27,29)(H,30,33)(H,31,32)/t18?,20-/m0/s1. The number of anilines is 1. The Hall–Kier alpha value is -3.88. The fraction of sp³-hybridized carbons (Fsp3) is 0.320. The van der Waals surface area contributed by atoms with E-state index in [1.807, 2.05) is 6.07 Å². The van der Waals surface area contributed by atoms with Crippen molar-refractivity contribution in [3.8, 4) is 5.75 Å². The number of benzene rings is 1. The van der Waals surface area contributed by atoms with Crippen LogP contribution in [-0.2, 0) is 17.6 Å². The number of methoxy groups -OCH3 is 1. The Bertz CT molecular complexity index is 1180. The van der Waals surface area contributed by atoms with Crippen molar-refractivity contribution in [1.82, 2.24) is 15.3 Å². The number of H-pyrrole nitrogens is 1. The highest BCUT2D eigenvalue weighted by Crippen LogP contribution is 2.26. The van der Waals surface area contributed by atoms with Crippen molar-refractivity contribution in [2.75, 3.05) is 12.4 Å². The molecule has 1 amide bonds. The van der Waals surface area contributed by atoms with Gasteiger partial charge in [0.1, 0.15) is 11.5 Å². The van der Waals surface area contributed by atoms with E-state index in [-0.39, 0.29) is 12.2 Å². The Morgan fingerprint density at radius 1 is 1.32 bits per heavy atom. The van der Waals surface area contributed by atoms with Gasteiger partial charge in [-0.05, 0) is 66.6 Å². The molecule has 178 valence electrons. The number of nitrogens with zero attached hydrogens (tertiary/aromatic N) is 1. The molecule has 1 aliphatic rings. The maximum absolute atomic E-state index is 14.1. The molecule has 0 aliphatic carbocycles. The predicted molar refractivity (Wildman–Crippen MR) is 124 cm³/mol. The van der Waals surface area contributed by atoms with E-state index >= 15 is 0 Å². The normalized spacial score (nSPS) is 15.6. The molecule has 0 radical (unpaired) electrons. The third-order valence-corrected chi connectivity index (χ3v) is 6.03. The largest absolute Gasteiger partial charge is 0.494 e. The number of rotatable bonds is 9. The van der Waals surface area contributed by atoms with Gasteiger partial charge in [0.05, 0.1) is 19.6 Å². The number of fused-ring (bicyclic) bond motifs is 1. The van der Waals surface area contributed by atoms with Crippen molar-refractivity contribution in [2.24, 2.45) is 0 Å². The number of carbonyl (C=O) groups excluding carboxylic acids is 1. The number of amides is 1. The van der Waals surface area contributed by atoms with E-state index in [0.29, 0.717) is 17.3 Å². The summed E-state index contributed by atoms with van der Waals surface area (Å²) in [5.41, 5.74) is 2.87. The van der Waals surface area contributed by atoms with E-state index < -0.39 is 23.7 Å². The summed E-state index contributed by atoms with van der Waals surface area (Å²) >= 11 is 0. The highest BCUT2D eigenvalue weighted by atomic mass is 19.1. The first-order valence-electron chi connectivity index (χ1n) is 11.2. The molecule has 8 nitrogen and oxygen atoms in total. The first-order valence-corrected chi connectivity index (χ1v) is 11.2. The number of aryl methyl sites for hydroxylation is 2. The molecular weight excluding hydrogens is 439 g/mol. The van der Waals surface area contributed by atoms with E-state index in [2.05, 4.69) is 26.7 Å².